The number of sulfonamides is 1. The third-order valence-corrected chi connectivity index (χ3v) is 7.19. The van der Waals surface area contributed by atoms with Gasteiger partial charge in [0.25, 0.3) is 15.9 Å². The molecule has 170 valence electrons. The quantitative estimate of drug-likeness (QED) is 0.380. The van der Waals surface area contributed by atoms with Gasteiger partial charge >= 0.3 is 0 Å². The molecule has 2 aromatic carbocycles. The first-order valence-corrected chi connectivity index (χ1v) is 12.3. The van der Waals surface area contributed by atoms with Gasteiger partial charge in [-0.2, -0.15) is 0 Å². The molecule has 32 heavy (non-hydrogen) atoms. The molecule has 0 fully saturated rings. The van der Waals surface area contributed by atoms with Gasteiger partial charge in [-0.15, -0.1) is 10.2 Å². The van der Waals surface area contributed by atoms with Crippen LogP contribution in [-0.2, 0) is 15.4 Å². The van der Waals surface area contributed by atoms with Gasteiger partial charge in [0.2, 0.25) is 9.47 Å². The maximum Gasteiger partial charge on any atom is 0.269 e. The summed E-state index contributed by atoms with van der Waals surface area (Å²) in [6.45, 7) is 8.49. The summed E-state index contributed by atoms with van der Waals surface area (Å²) in [7, 11) is -3.86. The zero-order chi connectivity index (χ0) is 23.4. The Labute approximate surface area is 192 Å². The molecule has 0 saturated carbocycles. The topological polar surface area (TPSA) is 110 Å². The number of aryl methyl sites for hydroxylation is 1. The van der Waals surface area contributed by atoms with Crippen LogP contribution in [0.1, 0.15) is 42.3 Å². The number of carbonyl (C=O) groups excluding carboxylic acids is 1. The first kappa shape index (κ1) is 23.8. The number of carbonyl (C=O) groups is 1. The zero-order valence-electron chi connectivity index (χ0n) is 18.4. The summed E-state index contributed by atoms with van der Waals surface area (Å²) in [6.07, 6.45) is 0. The second-order valence-electron chi connectivity index (χ2n) is 8.22. The van der Waals surface area contributed by atoms with E-state index in [1.165, 1.54) is 5.56 Å². The van der Waals surface area contributed by atoms with Crippen molar-refractivity contribution >= 4 is 32.4 Å². The van der Waals surface area contributed by atoms with Gasteiger partial charge in [0.15, 0.2) is 0 Å². The Kier molecular flexibility index (Phi) is 7.27. The molecule has 1 heterocycles. The average molecular weight is 475 g/mol. The molecule has 1 amide bonds. The van der Waals surface area contributed by atoms with Crippen molar-refractivity contribution in [2.75, 3.05) is 18.5 Å². The van der Waals surface area contributed by atoms with E-state index in [0.717, 1.165) is 16.9 Å². The number of nitrogens with zero attached hydrogens (tertiary/aromatic N) is 2. The Morgan fingerprint density at radius 2 is 1.81 bits per heavy atom. The van der Waals surface area contributed by atoms with E-state index in [2.05, 4.69) is 41.0 Å². The van der Waals surface area contributed by atoms with Crippen LogP contribution in [0.4, 0.5) is 5.13 Å². The predicted octanol–water partition coefficient (Wildman–Crippen LogP) is 3.75. The molecule has 0 unspecified atom stereocenters. The Bertz CT molecular complexity index is 1180. The lowest BCUT2D eigenvalue weighted by atomic mass is 9.87. The normalized spacial score (nSPS) is 11.9. The molecule has 3 rings (SSSR count). The average Bonchev–Trinajstić information content (AvgIpc) is 3.20. The number of ether oxygens (including phenoxy) is 1. The molecule has 0 spiro atoms. The van der Waals surface area contributed by atoms with Crippen molar-refractivity contribution in [3.63, 3.8) is 0 Å². The fourth-order valence-electron chi connectivity index (χ4n) is 2.78. The summed E-state index contributed by atoms with van der Waals surface area (Å²) in [5.74, 6) is 0.280. The third-order valence-electron chi connectivity index (χ3n) is 4.52. The minimum absolute atomic E-state index is 0.0499. The molecular weight excluding hydrogens is 448 g/mol. The van der Waals surface area contributed by atoms with Crippen molar-refractivity contribution in [3.8, 4) is 5.75 Å². The number of benzene rings is 2. The number of rotatable bonds is 8. The van der Waals surface area contributed by atoms with Crippen LogP contribution in [0.3, 0.4) is 0 Å². The van der Waals surface area contributed by atoms with E-state index in [1.807, 2.05) is 37.3 Å². The van der Waals surface area contributed by atoms with Crippen LogP contribution in [0.2, 0.25) is 0 Å². The van der Waals surface area contributed by atoms with Crippen molar-refractivity contribution in [2.24, 2.45) is 0 Å². The van der Waals surface area contributed by atoms with Crippen molar-refractivity contribution < 1.29 is 17.9 Å². The third kappa shape index (κ3) is 6.35. The van der Waals surface area contributed by atoms with Crippen molar-refractivity contribution in [3.05, 3.63) is 65.2 Å². The van der Waals surface area contributed by atoms with E-state index in [4.69, 9.17) is 4.74 Å². The van der Waals surface area contributed by atoms with Crippen LogP contribution in [0, 0.1) is 6.92 Å². The molecule has 0 saturated heterocycles. The highest BCUT2D eigenvalue weighted by Gasteiger charge is 2.21. The molecule has 0 aliphatic rings. The highest BCUT2D eigenvalue weighted by atomic mass is 32.2. The van der Waals surface area contributed by atoms with Crippen LogP contribution in [-0.4, -0.2) is 37.7 Å². The smallest absolute Gasteiger partial charge is 0.269 e. The van der Waals surface area contributed by atoms with Gasteiger partial charge in [-0.3, -0.25) is 10.1 Å². The summed E-state index contributed by atoms with van der Waals surface area (Å²) in [5, 5.41) is 10.1. The second kappa shape index (κ2) is 9.76. The molecule has 8 nitrogen and oxygen atoms in total. The van der Waals surface area contributed by atoms with Crippen molar-refractivity contribution in [1.82, 2.24) is 14.9 Å². The number of hydrogen-bond acceptors (Lipinski definition) is 7. The van der Waals surface area contributed by atoms with Gasteiger partial charge in [0.1, 0.15) is 12.4 Å². The number of hydrogen-bond donors (Lipinski definition) is 2. The lowest BCUT2D eigenvalue weighted by Crippen LogP contribution is -2.28. The highest BCUT2D eigenvalue weighted by molar-refractivity contribution is 7.91. The van der Waals surface area contributed by atoms with E-state index < -0.39 is 10.0 Å². The number of anilines is 1. The van der Waals surface area contributed by atoms with Crippen LogP contribution in [0.25, 0.3) is 0 Å². The first-order chi connectivity index (χ1) is 15.0. The SMILES string of the molecule is Cc1cccc(C(=O)Nc2nnc(S(=O)(=O)NCCOc3ccc(C(C)(C)C)cc3)s2)c1. The highest BCUT2D eigenvalue weighted by Crippen LogP contribution is 2.24. The lowest BCUT2D eigenvalue weighted by molar-refractivity contribution is 0.102. The summed E-state index contributed by atoms with van der Waals surface area (Å²) < 4.78 is 32.7. The molecular formula is C22H26N4O4S2. The van der Waals surface area contributed by atoms with Crippen molar-refractivity contribution in [2.45, 2.75) is 37.4 Å². The monoisotopic (exact) mass is 474 g/mol. The zero-order valence-corrected chi connectivity index (χ0v) is 20.0. The molecule has 0 aliphatic heterocycles. The number of aromatic nitrogens is 2. The molecule has 2 N–H and O–H groups in total. The first-order valence-electron chi connectivity index (χ1n) is 9.99. The van der Waals surface area contributed by atoms with Crippen LogP contribution < -0.4 is 14.8 Å². The molecule has 0 bridgehead atoms. The minimum Gasteiger partial charge on any atom is -0.492 e. The van der Waals surface area contributed by atoms with Gasteiger partial charge in [-0.25, -0.2) is 13.1 Å². The van der Waals surface area contributed by atoms with E-state index >= 15 is 0 Å². The molecule has 0 atom stereocenters. The largest absolute Gasteiger partial charge is 0.492 e. The summed E-state index contributed by atoms with van der Waals surface area (Å²) in [6, 6.07) is 14.8. The number of amides is 1. The minimum atomic E-state index is -3.86. The fraction of sp³-hybridized carbons (Fsp3) is 0.318. The van der Waals surface area contributed by atoms with Crippen LogP contribution in [0.5, 0.6) is 5.75 Å². The predicted molar refractivity (Wildman–Crippen MR) is 125 cm³/mol. The fourth-order valence-corrected chi connectivity index (χ4v) is 4.73. The Balaban J connectivity index is 1.51. The van der Waals surface area contributed by atoms with E-state index in [1.54, 1.807) is 18.2 Å². The Hall–Kier alpha value is -2.82. The summed E-state index contributed by atoms with van der Waals surface area (Å²) in [5.41, 5.74) is 2.63. The lowest BCUT2D eigenvalue weighted by Gasteiger charge is -2.19. The van der Waals surface area contributed by atoms with Crippen LogP contribution in [0.15, 0.2) is 52.9 Å². The molecule has 0 aliphatic carbocycles. The van der Waals surface area contributed by atoms with Gasteiger partial charge in [-0.1, -0.05) is 61.9 Å². The molecule has 10 heteroatoms. The van der Waals surface area contributed by atoms with Gasteiger partial charge < -0.3 is 4.74 Å². The molecule has 0 radical (unpaired) electrons. The summed E-state index contributed by atoms with van der Waals surface area (Å²) in [4.78, 5) is 12.3. The Morgan fingerprint density at radius 3 is 2.47 bits per heavy atom. The number of nitrogens with one attached hydrogen (secondary N) is 2. The van der Waals surface area contributed by atoms with Gasteiger partial charge in [-0.05, 0) is 42.2 Å². The van der Waals surface area contributed by atoms with Crippen molar-refractivity contribution in [1.29, 1.82) is 0 Å². The van der Waals surface area contributed by atoms with E-state index in [9.17, 15) is 13.2 Å². The summed E-state index contributed by atoms with van der Waals surface area (Å²) >= 11 is 0.780. The van der Waals surface area contributed by atoms with Gasteiger partial charge in [0.05, 0.1) is 0 Å². The van der Waals surface area contributed by atoms with Crippen LogP contribution >= 0.6 is 11.3 Å². The molecule has 1 aromatic heterocycles. The second-order valence-corrected chi connectivity index (χ2v) is 11.1. The van der Waals surface area contributed by atoms with Gasteiger partial charge in [0, 0.05) is 12.1 Å². The maximum absolute atomic E-state index is 12.4. The van der Waals surface area contributed by atoms with E-state index in [0.29, 0.717) is 11.3 Å². The van der Waals surface area contributed by atoms with E-state index in [-0.39, 0.29) is 33.9 Å². The molecule has 3 aromatic rings. The maximum atomic E-state index is 12.4. The standard InChI is InChI=1S/C22H26N4O4S2/c1-15-6-5-7-16(14-15)19(27)24-20-25-26-21(31-20)32(28,29)23-12-13-30-18-10-8-17(9-11-18)22(2,3)4/h5-11,14,23H,12-13H2,1-4H3,(H,24,25,27). The Morgan fingerprint density at radius 1 is 1.09 bits per heavy atom.